The van der Waals surface area contributed by atoms with Crippen LogP contribution in [-0.4, -0.2) is 48.7 Å². The van der Waals surface area contributed by atoms with E-state index in [1.54, 1.807) is 32.2 Å². The van der Waals surface area contributed by atoms with Gasteiger partial charge in [0.15, 0.2) is 11.5 Å². The third-order valence-corrected chi connectivity index (χ3v) is 4.08. The number of carbonyl (C=O) groups excluding carboxylic acids is 2. The highest BCUT2D eigenvalue weighted by atomic mass is 32.2. The molecule has 10 heteroatoms. The first kappa shape index (κ1) is 18.6. The Morgan fingerprint density at radius 3 is 2.56 bits per heavy atom. The van der Waals surface area contributed by atoms with E-state index in [0.717, 1.165) is 11.8 Å². The normalized spacial score (nSPS) is 11.5. The summed E-state index contributed by atoms with van der Waals surface area (Å²) in [6.07, 6.45) is 0. The summed E-state index contributed by atoms with van der Waals surface area (Å²) in [5.74, 6) is 0.933. The lowest BCUT2D eigenvalue weighted by molar-refractivity contribution is -0.119. The second-order valence-corrected chi connectivity index (χ2v) is 6.06. The Kier molecular flexibility index (Phi) is 6.23. The highest BCUT2D eigenvalue weighted by Gasteiger charge is 2.20. The monoisotopic (exact) mass is 366 g/mol. The van der Waals surface area contributed by atoms with Crippen LogP contribution in [0.4, 0.5) is 4.79 Å². The molecular formula is C15H18N4O5S. The van der Waals surface area contributed by atoms with Gasteiger partial charge in [0.2, 0.25) is 11.8 Å². The summed E-state index contributed by atoms with van der Waals surface area (Å²) in [5, 5.41) is 12.0. The molecule has 2 rings (SSSR count). The highest BCUT2D eigenvalue weighted by molar-refractivity contribution is 8.00. The maximum atomic E-state index is 11.8. The molecule has 9 nitrogen and oxygen atoms in total. The van der Waals surface area contributed by atoms with Gasteiger partial charge < -0.3 is 19.2 Å². The summed E-state index contributed by atoms with van der Waals surface area (Å²) in [6.45, 7) is 1.63. The molecule has 25 heavy (non-hydrogen) atoms. The minimum absolute atomic E-state index is 0.212. The summed E-state index contributed by atoms with van der Waals surface area (Å²) in [7, 11) is 4.50. The zero-order valence-corrected chi connectivity index (χ0v) is 15.0. The molecule has 0 saturated carbocycles. The molecule has 134 valence electrons. The Morgan fingerprint density at radius 1 is 1.20 bits per heavy atom. The van der Waals surface area contributed by atoms with Gasteiger partial charge in [-0.1, -0.05) is 11.8 Å². The first-order chi connectivity index (χ1) is 12.0. The van der Waals surface area contributed by atoms with E-state index in [1.165, 1.54) is 14.2 Å². The maximum absolute atomic E-state index is 11.8. The fourth-order valence-corrected chi connectivity index (χ4v) is 2.51. The Morgan fingerprint density at radius 2 is 1.92 bits per heavy atom. The Hall–Kier alpha value is -2.75. The molecule has 0 fully saturated rings. The van der Waals surface area contributed by atoms with Gasteiger partial charge in [0.05, 0.1) is 19.5 Å². The van der Waals surface area contributed by atoms with Crippen molar-refractivity contribution in [3.8, 4) is 23.0 Å². The molecule has 0 saturated heterocycles. The molecule has 1 aromatic heterocycles. The quantitative estimate of drug-likeness (QED) is 0.742. The van der Waals surface area contributed by atoms with Crippen molar-refractivity contribution in [2.75, 3.05) is 21.3 Å². The van der Waals surface area contributed by atoms with E-state index < -0.39 is 17.2 Å². The van der Waals surface area contributed by atoms with E-state index in [2.05, 4.69) is 20.8 Å². The number of hydrogen-bond donors (Lipinski definition) is 2. The smallest absolute Gasteiger partial charge is 0.321 e. The van der Waals surface area contributed by atoms with Gasteiger partial charge in [0, 0.05) is 12.6 Å². The number of imide groups is 1. The number of amides is 3. The van der Waals surface area contributed by atoms with Gasteiger partial charge in [0.25, 0.3) is 5.22 Å². The fraction of sp³-hybridized carbons (Fsp3) is 0.333. The molecule has 1 aromatic carbocycles. The van der Waals surface area contributed by atoms with Crippen LogP contribution in [0.3, 0.4) is 0 Å². The highest BCUT2D eigenvalue weighted by Crippen LogP contribution is 2.33. The van der Waals surface area contributed by atoms with Gasteiger partial charge in [-0.3, -0.25) is 10.1 Å². The Balaban J connectivity index is 2.09. The van der Waals surface area contributed by atoms with E-state index in [0.29, 0.717) is 17.1 Å². The molecule has 0 aliphatic heterocycles. The first-order valence-corrected chi connectivity index (χ1v) is 8.11. The molecule has 0 radical (unpaired) electrons. The molecule has 1 heterocycles. The second kappa shape index (κ2) is 8.38. The number of ether oxygens (including phenoxy) is 2. The minimum atomic E-state index is -0.587. The summed E-state index contributed by atoms with van der Waals surface area (Å²) in [4.78, 5) is 23.0. The third kappa shape index (κ3) is 4.63. The molecular weight excluding hydrogens is 348 g/mol. The van der Waals surface area contributed by atoms with Crippen molar-refractivity contribution in [2.45, 2.75) is 17.4 Å². The van der Waals surface area contributed by atoms with Crippen LogP contribution in [0.5, 0.6) is 11.5 Å². The van der Waals surface area contributed by atoms with E-state index in [-0.39, 0.29) is 11.1 Å². The molecule has 0 aliphatic carbocycles. The molecule has 0 aliphatic rings. The lowest BCUT2D eigenvalue weighted by atomic mass is 10.2. The van der Waals surface area contributed by atoms with Crippen LogP contribution in [0.1, 0.15) is 6.92 Å². The zero-order chi connectivity index (χ0) is 18.4. The van der Waals surface area contributed by atoms with Crippen LogP contribution >= 0.6 is 11.8 Å². The third-order valence-electron chi connectivity index (χ3n) is 3.15. The largest absolute Gasteiger partial charge is 0.493 e. The van der Waals surface area contributed by atoms with E-state index in [1.807, 2.05) is 0 Å². The van der Waals surface area contributed by atoms with Crippen molar-refractivity contribution < 1.29 is 23.5 Å². The van der Waals surface area contributed by atoms with Crippen LogP contribution < -0.4 is 20.1 Å². The molecule has 0 bridgehead atoms. The number of urea groups is 1. The predicted molar refractivity (Wildman–Crippen MR) is 90.8 cm³/mol. The average Bonchev–Trinajstić information content (AvgIpc) is 3.09. The number of nitrogens with zero attached hydrogens (tertiary/aromatic N) is 2. The lowest BCUT2D eigenvalue weighted by Crippen LogP contribution is -2.41. The van der Waals surface area contributed by atoms with Gasteiger partial charge in [-0.25, -0.2) is 4.79 Å². The predicted octanol–water partition coefficient (Wildman–Crippen LogP) is 1.69. The van der Waals surface area contributed by atoms with Crippen molar-refractivity contribution in [1.82, 2.24) is 20.8 Å². The van der Waals surface area contributed by atoms with E-state index in [9.17, 15) is 9.59 Å². The van der Waals surface area contributed by atoms with Crippen molar-refractivity contribution in [1.29, 1.82) is 0 Å². The fourth-order valence-electron chi connectivity index (χ4n) is 1.82. The van der Waals surface area contributed by atoms with Crippen LogP contribution in [0.25, 0.3) is 11.5 Å². The number of aromatic nitrogens is 2. The molecule has 0 unspecified atom stereocenters. The van der Waals surface area contributed by atoms with Crippen molar-refractivity contribution in [2.24, 2.45) is 0 Å². The summed E-state index contributed by atoms with van der Waals surface area (Å²) in [5.41, 5.74) is 0.652. The van der Waals surface area contributed by atoms with Gasteiger partial charge in [-0.05, 0) is 25.1 Å². The van der Waals surface area contributed by atoms with Gasteiger partial charge in [-0.15, -0.1) is 10.2 Å². The van der Waals surface area contributed by atoms with Gasteiger partial charge in [0.1, 0.15) is 0 Å². The summed E-state index contributed by atoms with van der Waals surface area (Å²) < 4.78 is 16.0. The molecule has 0 spiro atoms. The first-order valence-electron chi connectivity index (χ1n) is 7.23. The van der Waals surface area contributed by atoms with Crippen molar-refractivity contribution in [3.63, 3.8) is 0 Å². The molecule has 2 aromatic rings. The average molecular weight is 366 g/mol. The standard InChI is InChI=1S/C15H18N4O5S/c1-8(12(20)17-14(21)16-2)25-15-19-18-13(24-15)9-5-6-10(22-3)11(7-9)23-4/h5-8H,1-4H3,(H2,16,17,20,21)/t8-/m1/s1. The SMILES string of the molecule is CNC(=O)NC(=O)[C@@H](C)Sc1nnc(-c2ccc(OC)c(OC)c2)o1. The van der Waals surface area contributed by atoms with Crippen LogP contribution in [-0.2, 0) is 4.79 Å². The number of nitrogens with one attached hydrogen (secondary N) is 2. The number of hydrogen-bond acceptors (Lipinski definition) is 8. The number of carbonyl (C=O) groups is 2. The molecule has 1 atom stereocenters. The summed E-state index contributed by atoms with van der Waals surface area (Å²) >= 11 is 1.05. The van der Waals surface area contributed by atoms with Crippen LogP contribution in [0.2, 0.25) is 0 Å². The van der Waals surface area contributed by atoms with Gasteiger partial charge >= 0.3 is 6.03 Å². The topological polar surface area (TPSA) is 116 Å². The van der Waals surface area contributed by atoms with Crippen LogP contribution in [0.15, 0.2) is 27.8 Å². The van der Waals surface area contributed by atoms with E-state index in [4.69, 9.17) is 13.9 Å². The van der Waals surface area contributed by atoms with Crippen LogP contribution in [0, 0.1) is 0 Å². The lowest BCUT2D eigenvalue weighted by Gasteiger charge is -2.08. The number of benzene rings is 1. The zero-order valence-electron chi connectivity index (χ0n) is 14.2. The Bertz CT molecular complexity index is 764. The number of thioether (sulfide) groups is 1. The van der Waals surface area contributed by atoms with Gasteiger partial charge in [-0.2, -0.15) is 0 Å². The van der Waals surface area contributed by atoms with E-state index >= 15 is 0 Å². The number of methoxy groups -OCH3 is 2. The second-order valence-electron chi connectivity index (χ2n) is 4.77. The summed E-state index contributed by atoms with van der Waals surface area (Å²) in [6, 6.07) is 4.62. The van der Waals surface area contributed by atoms with Crippen molar-refractivity contribution in [3.05, 3.63) is 18.2 Å². The number of rotatable bonds is 6. The van der Waals surface area contributed by atoms with Crippen molar-refractivity contribution >= 4 is 23.7 Å². The molecule has 2 N–H and O–H groups in total. The Labute approximate surface area is 148 Å². The minimum Gasteiger partial charge on any atom is -0.493 e. The maximum Gasteiger partial charge on any atom is 0.321 e. The molecule has 3 amide bonds.